The molecule has 0 spiro atoms. The first kappa shape index (κ1) is 27.0. The summed E-state index contributed by atoms with van der Waals surface area (Å²) in [5.41, 5.74) is 1.30. The number of carbonyl (C=O) groups is 1. The van der Waals surface area contributed by atoms with Gasteiger partial charge in [-0.25, -0.2) is 30.7 Å². The lowest BCUT2D eigenvalue weighted by Gasteiger charge is -2.27. The lowest BCUT2D eigenvalue weighted by atomic mass is 10.1. The van der Waals surface area contributed by atoms with Crippen molar-refractivity contribution in [2.75, 3.05) is 22.8 Å². The second-order valence-electron chi connectivity index (χ2n) is 9.37. The van der Waals surface area contributed by atoms with E-state index in [1.54, 1.807) is 16.6 Å². The molecule has 3 heterocycles. The van der Waals surface area contributed by atoms with E-state index in [9.17, 15) is 21.6 Å². The van der Waals surface area contributed by atoms with Gasteiger partial charge in [-0.05, 0) is 44.4 Å². The molecule has 10 nitrogen and oxygen atoms in total. The molecule has 1 aliphatic rings. The maximum absolute atomic E-state index is 15.2. The Morgan fingerprint density at radius 3 is 2.41 bits per heavy atom. The summed E-state index contributed by atoms with van der Waals surface area (Å²) >= 11 is 0. The Balaban J connectivity index is 1.75. The predicted molar refractivity (Wildman–Crippen MR) is 139 cm³/mol. The number of likely N-dealkylation sites (tertiary alicyclic amines) is 1. The van der Waals surface area contributed by atoms with E-state index in [1.165, 1.54) is 12.1 Å². The van der Waals surface area contributed by atoms with Crippen LogP contribution in [-0.2, 0) is 26.5 Å². The minimum absolute atomic E-state index is 0.0345. The second-order valence-corrected chi connectivity index (χ2v) is 13.3. The van der Waals surface area contributed by atoms with Gasteiger partial charge in [-0.2, -0.15) is 8.81 Å². The van der Waals surface area contributed by atoms with Gasteiger partial charge in [0.2, 0.25) is 20.0 Å². The maximum Gasteiger partial charge on any atom is 0.272 e. The number of carbonyl (C=O) groups excluding carboxylic acids is 1. The van der Waals surface area contributed by atoms with Gasteiger partial charge in [-0.3, -0.25) is 4.79 Å². The third-order valence-corrected chi connectivity index (χ3v) is 9.69. The predicted octanol–water partition coefficient (Wildman–Crippen LogP) is 3.23. The molecule has 0 N–H and O–H groups in total. The summed E-state index contributed by atoms with van der Waals surface area (Å²) in [5.74, 6) is -1.00. The minimum atomic E-state index is -4.21. The summed E-state index contributed by atoms with van der Waals surface area (Å²) < 4.78 is 65.1. The van der Waals surface area contributed by atoms with E-state index in [4.69, 9.17) is 0 Å². The Hall–Kier alpha value is -3.06. The first-order chi connectivity index (χ1) is 17.3. The molecule has 1 atom stereocenters. The van der Waals surface area contributed by atoms with Gasteiger partial charge in [0, 0.05) is 36.0 Å². The fourth-order valence-electron chi connectivity index (χ4n) is 4.71. The number of anilines is 1. The van der Waals surface area contributed by atoms with E-state index in [0.29, 0.717) is 24.3 Å². The molecule has 1 unspecified atom stereocenters. The van der Waals surface area contributed by atoms with Gasteiger partial charge in [0.15, 0.2) is 5.65 Å². The highest BCUT2D eigenvalue weighted by molar-refractivity contribution is 8.09. The van der Waals surface area contributed by atoms with Crippen LogP contribution in [0.5, 0.6) is 0 Å². The molecule has 0 saturated carbocycles. The average Bonchev–Trinajstić information content (AvgIpc) is 3.10. The van der Waals surface area contributed by atoms with Crippen LogP contribution < -0.4 is 3.71 Å². The Morgan fingerprint density at radius 2 is 1.78 bits per heavy atom. The molecule has 0 radical (unpaired) electrons. The van der Waals surface area contributed by atoms with Crippen molar-refractivity contribution in [3.63, 3.8) is 0 Å². The zero-order valence-corrected chi connectivity index (χ0v) is 22.8. The molecule has 37 heavy (non-hydrogen) atoms. The molecule has 1 saturated heterocycles. The number of aromatic nitrogens is 3. The average molecular weight is 552 g/mol. The van der Waals surface area contributed by atoms with Crippen LogP contribution in [0.3, 0.4) is 0 Å². The third-order valence-electron chi connectivity index (χ3n) is 6.44. The van der Waals surface area contributed by atoms with Gasteiger partial charge >= 0.3 is 0 Å². The molecular weight excluding hydrogens is 521 g/mol. The molecule has 1 aliphatic heterocycles. The van der Waals surface area contributed by atoms with Crippen molar-refractivity contribution in [3.8, 4) is 11.3 Å². The van der Waals surface area contributed by atoms with Crippen LogP contribution in [0.15, 0.2) is 30.3 Å². The maximum atomic E-state index is 15.2. The second kappa shape index (κ2) is 10.0. The highest BCUT2D eigenvalue weighted by Crippen LogP contribution is 2.29. The topological polar surface area (TPSA) is 122 Å². The zero-order valence-electron chi connectivity index (χ0n) is 21.2. The smallest absolute Gasteiger partial charge is 0.272 e. The Bertz CT molecular complexity index is 1540. The summed E-state index contributed by atoms with van der Waals surface area (Å²) in [6, 6.07) is 6.68. The monoisotopic (exact) mass is 551 g/mol. The van der Waals surface area contributed by atoms with Gasteiger partial charge in [-0.1, -0.05) is 19.8 Å². The van der Waals surface area contributed by atoms with Crippen molar-refractivity contribution in [1.82, 2.24) is 19.5 Å². The van der Waals surface area contributed by atoms with E-state index in [1.807, 2.05) is 18.7 Å². The van der Waals surface area contributed by atoms with Crippen LogP contribution >= 0.6 is 0 Å². The van der Waals surface area contributed by atoms with Crippen molar-refractivity contribution in [3.05, 3.63) is 47.5 Å². The first-order valence-corrected chi connectivity index (χ1v) is 15.7. The van der Waals surface area contributed by atoms with Gasteiger partial charge in [0.05, 0.1) is 23.9 Å². The quantitative estimate of drug-likeness (QED) is 0.461. The lowest BCUT2D eigenvalue weighted by molar-refractivity contribution is 0.0691. The number of hydrogen-bond donors (Lipinski definition) is 0. The fourth-order valence-corrected chi connectivity index (χ4v) is 7.67. The number of hydrogen-bond acceptors (Lipinski definition) is 7. The van der Waals surface area contributed by atoms with Crippen molar-refractivity contribution < 1.29 is 26.0 Å². The number of nitrogens with zero attached hydrogens (tertiary/aromatic N) is 5. The van der Waals surface area contributed by atoms with Gasteiger partial charge in [0.25, 0.3) is 5.91 Å². The minimum Gasteiger partial charge on any atom is -0.335 e. The molecule has 1 fully saturated rings. The van der Waals surface area contributed by atoms with Crippen LogP contribution in [0.2, 0.25) is 0 Å². The van der Waals surface area contributed by atoms with Crippen molar-refractivity contribution in [1.29, 1.82) is 0 Å². The molecular formula is C24H30FN5O5S2. The van der Waals surface area contributed by atoms with Crippen LogP contribution in [0.1, 0.15) is 55.7 Å². The summed E-state index contributed by atoms with van der Waals surface area (Å²) in [7, 11) is -8.43. The molecule has 0 aliphatic carbocycles. The summed E-state index contributed by atoms with van der Waals surface area (Å²) in [5, 5.41) is 4.47. The van der Waals surface area contributed by atoms with E-state index >= 15 is 4.39 Å². The summed E-state index contributed by atoms with van der Waals surface area (Å²) in [6.07, 6.45) is 6.06. The van der Waals surface area contributed by atoms with E-state index in [0.717, 1.165) is 50.0 Å². The van der Waals surface area contributed by atoms with Crippen LogP contribution in [0.25, 0.3) is 16.9 Å². The summed E-state index contributed by atoms with van der Waals surface area (Å²) in [6.45, 7) is 4.63. The van der Waals surface area contributed by atoms with E-state index in [-0.39, 0.29) is 32.6 Å². The van der Waals surface area contributed by atoms with Crippen LogP contribution in [-0.4, -0.2) is 67.3 Å². The zero-order chi connectivity index (χ0) is 27.1. The molecule has 200 valence electrons. The Kier molecular flexibility index (Phi) is 7.30. The largest absolute Gasteiger partial charge is 0.335 e. The molecule has 0 bridgehead atoms. The highest BCUT2D eigenvalue weighted by atomic mass is 32.3. The molecule has 1 amide bonds. The first-order valence-electron chi connectivity index (χ1n) is 12.0. The van der Waals surface area contributed by atoms with Gasteiger partial charge < -0.3 is 4.90 Å². The van der Waals surface area contributed by atoms with Crippen molar-refractivity contribution in [2.24, 2.45) is 0 Å². The number of halogens is 1. The van der Waals surface area contributed by atoms with Crippen LogP contribution in [0, 0.1) is 5.82 Å². The number of fused-ring (bicyclic) bond motifs is 1. The van der Waals surface area contributed by atoms with Gasteiger partial charge in [0.1, 0.15) is 11.5 Å². The SMILES string of the molecule is CCc1cc(C(=O)N2CCCCCC2C)nc2cc(-c3ccc(N(S(C)(=O)=O)S(C)(=O)=O)cc3F)nn12. The number of sulfonamides is 2. The molecule has 4 rings (SSSR count). The number of rotatable bonds is 6. The van der Waals surface area contributed by atoms with Crippen LogP contribution in [0.4, 0.5) is 10.1 Å². The lowest BCUT2D eigenvalue weighted by Crippen LogP contribution is -2.38. The Labute approximate surface area is 216 Å². The molecule has 1 aromatic carbocycles. The molecule has 13 heteroatoms. The number of amides is 1. The van der Waals surface area contributed by atoms with Gasteiger partial charge in [-0.15, -0.1) is 0 Å². The van der Waals surface area contributed by atoms with E-state index < -0.39 is 25.9 Å². The summed E-state index contributed by atoms with van der Waals surface area (Å²) in [4.78, 5) is 19.7. The van der Waals surface area contributed by atoms with Crippen molar-refractivity contribution in [2.45, 2.75) is 52.0 Å². The number of aryl methyl sites for hydroxylation is 1. The highest BCUT2D eigenvalue weighted by Gasteiger charge is 2.29. The van der Waals surface area contributed by atoms with Crippen molar-refractivity contribution >= 4 is 37.3 Å². The normalized spacial score (nSPS) is 17.1. The molecule has 3 aromatic rings. The Morgan fingerprint density at radius 1 is 1.08 bits per heavy atom. The third kappa shape index (κ3) is 5.47. The van der Waals surface area contributed by atoms with E-state index in [2.05, 4.69) is 10.1 Å². The molecule has 2 aromatic heterocycles. The standard InChI is InChI=1S/C24H30FN5O5S2/c1-5-17-14-22(24(31)28-12-8-6-7-9-16(28)2)26-23-15-21(27-29(17)23)19-11-10-18(13-20(19)25)30(36(3,32)33)37(4,34)35/h10-11,13-16H,5-9,12H2,1-4H3. The fraction of sp³-hybridized carbons (Fsp3) is 0.458. The number of benzene rings is 1.